The third-order valence-electron chi connectivity index (χ3n) is 5.73. The molecule has 5 rings (SSSR count). The van der Waals surface area contributed by atoms with Gasteiger partial charge in [0.25, 0.3) is 10.0 Å². The van der Waals surface area contributed by atoms with Gasteiger partial charge in [-0.25, -0.2) is 18.6 Å². The van der Waals surface area contributed by atoms with E-state index in [1.807, 2.05) is 0 Å². The van der Waals surface area contributed by atoms with Crippen LogP contribution >= 0.6 is 22.9 Å². The summed E-state index contributed by atoms with van der Waals surface area (Å²) < 4.78 is 101. The molecule has 0 aliphatic heterocycles. The Hall–Kier alpha value is -4.61. The summed E-state index contributed by atoms with van der Waals surface area (Å²) in [5, 5.41) is 4.60. The van der Waals surface area contributed by atoms with Gasteiger partial charge in [0.05, 0.1) is 28.6 Å². The van der Waals surface area contributed by atoms with Gasteiger partial charge in [-0.1, -0.05) is 16.1 Å². The van der Waals surface area contributed by atoms with E-state index in [-0.39, 0.29) is 5.75 Å². The number of halogens is 6. The van der Waals surface area contributed by atoms with Gasteiger partial charge in [0, 0.05) is 41.4 Å². The van der Waals surface area contributed by atoms with E-state index in [1.54, 1.807) is 19.3 Å². The molecule has 0 spiro atoms. The number of rotatable bonds is 8. The summed E-state index contributed by atoms with van der Waals surface area (Å²) >= 11 is 7.03. The SMILES string of the molecule is Cn1cc(-c2cc(-c3ccc(F)cc3)ncc2Oc2cc(F)c(S(=O)(=O)N(OC(=O)C(F)(F)F)c3cscn3)cc2Cl)cn1. The van der Waals surface area contributed by atoms with Crippen molar-refractivity contribution in [2.45, 2.75) is 11.1 Å². The summed E-state index contributed by atoms with van der Waals surface area (Å²) in [6.07, 6.45) is -1.15. The van der Waals surface area contributed by atoms with Gasteiger partial charge in [-0.3, -0.25) is 9.67 Å². The first-order chi connectivity index (χ1) is 20.7. The number of ether oxygens (including phenoxy) is 1. The highest BCUT2D eigenvalue weighted by Crippen LogP contribution is 2.40. The first-order valence-electron chi connectivity index (χ1n) is 11.9. The van der Waals surface area contributed by atoms with Crippen molar-refractivity contribution in [3.63, 3.8) is 0 Å². The minimum Gasteiger partial charge on any atom is -0.453 e. The van der Waals surface area contributed by atoms with Gasteiger partial charge in [0.2, 0.25) is 0 Å². The molecular formula is C26H15ClF5N5O5S2. The third kappa shape index (κ3) is 6.34. The fourth-order valence-electron chi connectivity index (χ4n) is 3.72. The molecule has 3 heterocycles. The predicted molar refractivity (Wildman–Crippen MR) is 147 cm³/mol. The number of thiazole rings is 1. The van der Waals surface area contributed by atoms with Crippen molar-refractivity contribution in [1.82, 2.24) is 19.7 Å². The molecule has 0 aliphatic carbocycles. The summed E-state index contributed by atoms with van der Waals surface area (Å²) in [5.74, 6) is -5.94. The molecule has 0 unspecified atom stereocenters. The van der Waals surface area contributed by atoms with Crippen LogP contribution in [0.15, 0.2) is 76.8 Å². The van der Waals surface area contributed by atoms with Crippen molar-refractivity contribution in [1.29, 1.82) is 0 Å². The van der Waals surface area contributed by atoms with Crippen LogP contribution in [0, 0.1) is 11.6 Å². The van der Waals surface area contributed by atoms with Crippen molar-refractivity contribution in [2.24, 2.45) is 7.05 Å². The minimum absolute atomic E-state index is 0.0315. The molecule has 0 saturated heterocycles. The van der Waals surface area contributed by atoms with Gasteiger partial charge in [0.1, 0.15) is 22.3 Å². The van der Waals surface area contributed by atoms with Crippen molar-refractivity contribution in [2.75, 3.05) is 4.47 Å². The quantitative estimate of drug-likeness (QED) is 0.135. The maximum atomic E-state index is 15.4. The van der Waals surface area contributed by atoms with E-state index < -0.39 is 59.8 Å². The van der Waals surface area contributed by atoms with Gasteiger partial charge < -0.3 is 9.57 Å². The molecule has 228 valence electrons. The Labute approximate surface area is 253 Å². The number of anilines is 1. The van der Waals surface area contributed by atoms with Crippen LogP contribution in [0.1, 0.15) is 0 Å². The fourth-order valence-corrected chi connectivity index (χ4v) is 5.83. The monoisotopic (exact) mass is 671 g/mol. The predicted octanol–water partition coefficient (Wildman–Crippen LogP) is 6.55. The van der Waals surface area contributed by atoms with Crippen LogP contribution in [-0.2, 0) is 26.7 Å². The molecule has 0 amide bonds. The molecule has 0 radical (unpaired) electrons. The van der Waals surface area contributed by atoms with Crippen molar-refractivity contribution in [3.05, 3.63) is 88.6 Å². The molecular weight excluding hydrogens is 657 g/mol. The highest BCUT2D eigenvalue weighted by atomic mass is 35.5. The smallest absolute Gasteiger partial charge is 0.453 e. The number of carbonyl (C=O) groups excluding carboxylic acids is 1. The van der Waals surface area contributed by atoms with Crippen LogP contribution in [0.2, 0.25) is 5.02 Å². The maximum Gasteiger partial charge on any atom is 0.493 e. The average molecular weight is 672 g/mol. The Morgan fingerprint density at radius 1 is 1.02 bits per heavy atom. The number of alkyl halides is 3. The summed E-state index contributed by atoms with van der Waals surface area (Å²) in [6, 6.07) is 8.29. The molecule has 2 aromatic carbocycles. The van der Waals surface area contributed by atoms with E-state index in [0.29, 0.717) is 34.5 Å². The number of aromatic nitrogens is 4. The van der Waals surface area contributed by atoms with Crippen LogP contribution in [0.3, 0.4) is 0 Å². The molecule has 3 aromatic heterocycles. The number of hydrogen-bond donors (Lipinski definition) is 0. The van der Waals surface area contributed by atoms with Crippen molar-refractivity contribution >= 4 is 44.7 Å². The lowest BCUT2D eigenvalue weighted by Gasteiger charge is -2.21. The Balaban J connectivity index is 1.53. The molecule has 5 aromatic rings. The van der Waals surface area contributed by atoms with Crippen LogP contribution in [0.5, 0.6) is 11.5 Å². The molecule has 0 N–H and O–H groups in total. The summed E-state index contributed by atoms with van der Waals surface area (Å²) in [7, 11) is -3.68. The molecule has 44 heavy (non-hydrogen) atoms. The fraction of sp³-hybridized carbons (Fsp3) is 0.0769. The molecule has 18 heteroatoms. The van der Waals surface area contributed by atoms with E-state index in [1.165, 1.54) is 41.3 Å². The standard InChI is InChI=1S/C26H15ClF5N5O5S2/c1-36-11-15(9-35-36)17-6-20(14-2-4-16(28)5-3-14)33-10-22(17)41-21-8-19(29)23(7-18(21)27)44(39,40)37(24-12-43-13-34-24)42-25(38)26(30,31)32/h2-13H,1H3. The topological polar surface area (TPSA) is 117 Å². The van der Waals surface area contributed by atoms with Gasteiger partial charge in [-0.2, -0.15) is 26.7 Å². The molecule has 0 atom stereocenters. The summed E-state index contributed by atoms with van der Waals surface area (Å²) in [6.45, 7) is 0. The number of pyridine rings is 1. The van der Waals surface area contributed by atoms with Crippen molar-refractivity contribution < 1.29 is 44.7 Å². The van der Waals surface area contributed by atoms with E-state index in [9.17, 15) is 30.8 Å². The lowest BCUT2D eigenvalue weighted by atomic mass is 10.1. The van der Waals surface area contributed by atoms with Crippen LogP contribution < -0.4 is 9.21 Å². The largest absolute Gasteiger partial charge is 0.493 e. The van der Waals surface area contributed by atoms with Gasteiger partial charge >= 0.3 is 12.1 Å². The Bertz CT molecular complexity index is 1950. The number of hydrogen-bond acceptors (Lipinski definition) is 9. The zero-order valence-corrected chi connectivity index (χ0v) is 24.2. The number of sulfonamides is 1. The minimum atomic E-state index is -5.58. The summed E-state index contributed by atoms with van der Waals surface area (Å²) in [5.41, 5.74) is 2.97. The number of aryl methyl sites for hydroxylation is 1. The second-order valence-electron chi connectivity index (χ2n) is 8.75. The number of benzene rings is 2. The lowest BCUT2D eigenvalue weighted by molar-refractivity contribution is -0.199. The number of carbonyl (C=O) groups is 1. The van der Waals surface area contributed by atoms with E-state index in [2.05, 4.69) is 19.9 Å². The van der Waals surface area contributed by atoms with E-state index in [0.717, 1.165) is 22.2 Å². The lowest BCUT2D eigenvalue weighted by Crippen LogP contribution is -2.39. The van der Waals surface area contributed by atoms with Gasteiger partial charge in [0.15, 0.2) is 11.6 Å². The molecule has 0 aliphatic rings. The third-order valence-corrected chi connectivity index (χ3v) is 8.17. The second-order valence-corrected chi connectivity index (χ2v) is 11.6. The van der Waals surface area contributed by atoms with E-state index in [4.69, 9.17) is 16.3 Å². The zero-order valence-electron chi connectivity index (χ0n) is 21.8. The first-order valence-corrected chi connectivity index (χ1v) is 14.6. The van der Waals surface area contributed by atoms with Crippen LogP contribution in [0.25, 0.3) is 22.4 Å². The second kappa shape index (κ2) is 11.8. The Kier molecular flexibility index (Phi) is 8.28. The molecule has 0 fully saturated rings. The Morgan fingerprint density at radius 3 is 2.36 bits per heavy atom. The number of nitrogens with zero attached hydrogens (tertiary/aromatic N) is 5. The molecule has 0 saturated carbocycles. The van der Waals surface area contributed by atoms with E-state index >= 15 is 4.39 Å². The normalized spacial score (nSPS) is 11.8. The highest BCUT2D eigenvalue weighted by molar-refractivity contribution is 7.92. The molecule has 10 nitrogen and oxygen atoms in total. The van der Waals surface area contributed by atoms with Crippen molar-refractivity contribution in [3.8, 4) is 33.9 Å². The van der Waals surface area contributed by atoms with Gasteiger partial charge in [-0.15, -0.1) is 11.3 Å². The zero-order chi connectivity index (χ0) is 31.8. The van der Waals surface area contributed by atoms with Gasteiger partial charge in [-0.05, 0) is 36.4 Å². The summed E-state index contributed by atoms with van der Waals surface area (Å²) in [4.78, 5) is 22.2. The molecule has 0 bridgehead atoms. The Morgan fingerprint density at radius 2 is 1.75 bits per heavy atom. The average Bonchev–Trinajstić information content (AvgIpc) is 3.65. The van der Waals surface area contributed by atoms with Crippen LogP contribution in [-0.4, -0.2) is 40.3 Å². The first kappa shape index (κ1) is 30.8. The van der Waals surface area contributed by atoms with Crippen LogP contribution in [0.4, 0.5) is 27.8 Å². The maximum absolute atomic E-state index is 15.4. The highest BCUT2D eigenvalue weighted by Gasteiger charge is 2.45.